The second kappa shape index (κ2) is 4.70. The van der Waals surface area contributed by atoms with Crippen molar-refractivity contribution in [2.75, 3.05) is 6.61 Å². The van der Waals surface area contributed by atoms with Crippen LogP contribution in [0.4, 0.5) is 0 Å². The number of hydrogen-bond donors (Lipinski definition) is 4. The Balaban J connectivity index is 2.52. The number of aliphatic hydroxyl groups excluding tert-OH is 3. The van der Waals surface area contributed by atoms with Gasteiger partial charge in [-0.15, -0.1) is 0 Å². The van der Waals surface area contributed by atoms with Crippen LogP contribution in [0.15, 0.2) is 0 Å². The van der Waals surface area contributed by atoms with Crippen LogP contribution in [0.25, 0.3) is 0 Å². The van der Waals surface area contributed by atoms with Crippen LogP contribution >= 0.6 is 0 Å². The van der Waals surface area contributed by atoms with Crippen molar-refractivity contribution in [3.63, 3.8) is 0 Å². The summed E-state index contributed by atoms with van der Waals surface area (Å²) in [6.45, 7) is 0.961. The van der Waals surface area contributed by atoms with Gasteiger partial charge in [0.1, 0.15) is 6.10 Å². The molecule has 1 aliphatic rings. The van der Waals surface area contributed by atoms with E-state index in [4.69, 9.17) is 9.84 Å². The first-order valence-electron chi connectivity index (χ1n) is 4.44. The molecule has 82 valence electrons. The standard InChI is InChI=1S/C8H15NO5/c1-4(11)9-5-2-6(12)7(3-10)14-8(5)13/h5-8,10,12-13H,2-3H2,1H3,(H,9,11)/t5-,6+,7-,8+/m1/s1. The molecule has 1 aliphatic heterocycles. The Morgan fingerprint density at radius 2 is 2.21 bits per heavy atom. The molecule has 1 saturated heterocycles. The molecule has 1 fully saturated rings. The van der Waals surface area contributed by atoms with Gasteiger partial charge in [0.25, 0.3) is 0 Å². The largest absolute Gasteiger partial charge is 0.394 e. The highest BCUT2D eigenvalue weighted by atomic mass is 16.6. The van der Waals surface area contributed by atoms with E-state index in [2.05, 4.69) is 5.32 Å². The summed E-state index contributed by atoms with van der Waals surface area (Å²) in [6, 6.07) is -0.620. The van der Waals surface area contributed by atoms with E-state index in [1.165, 1.54) is 6.92 Å². The molecular weight excluding hydrogens is 190 g/mol. The number of carbonyl (C=O) groups excluding carboxylic acids is 1. The van der Waals surface area contributed by atoms with E-state index in [1.54, 1.807) is 0 Å². The zero-order valence-corrected chi connectivity index (χ0v) is 7.88. The van der Waals surface area contributed by atoms with Crippen LogP contribution in [0.1, 0.15) is 13.3 Å². The first-order chi connectivity index (χ1) is 6.54. The van der Waals surface area contributed by atoms with Gasteiger partial charge in [-0.3, -0.25) is 4.79 Å². The molecule has 6 nitrogen and oxygen atoms in total. The smallest absolute Gasteiger partial charge is 0.217 e. The molecule has 4 N–H and O–H groups in total. The second-order valence-corrected chi connectivity index (χ2v) is 3.36. The number of aliphatic hydroxyl groups is 3. The Labute approximate surface area is 81.5 Å². The van der Waals surface area contributed by atoms with Crippen LogP contribution in [0.3, 0.4) is 0 Å². The number of rotatable bonds is 2. The summed E-state index contributed by atoms with van der Waals surface area (Å²) in [5, 5.41) is 30.0. The average Bonchev–Trinajstić information content (AvgIpc) is 2.10. The SMILES string of the molecule is CC(=O)N[C@@H]1C[C@H](O)[C@@H](CO)O[C@@H]1O. The third-order valence-corrected chi connectivity index (χ3v) is 2.15. The average molecular weight is 205 g/mol. The molecule has 0 aliphatic carbocycles. The Kier molecular flexibility index (Phi) is 3.82. The van der Waals surface area contributed by atoms with Crippen molar-refractivity contribution >= 4 is 5.91 Å². The molecular formula is C8H15NO5. The highest BCUT2D eigenvalue weighted by Crippen LogP contribution is 2.18. The minimum Gasteiger partial charge on any atom is -0.394 e. The maximum absolute atomic E-state index is 10.7. The Morgan fingerprint density at radius 1 is 1.57 bits per heavy atom. The molecule has 0 aromatic rings. The van der Waals surface area contributed by atoms with Crippen LogP contribution in [0.5, 0.6) is 0 Å². The van der Waals surface area contributed by atoms with E-state index in [1.807, 2.05) is 0 Å². The molecule has 6 heteroatoms. The maximum atomic E-state index is 10.7. The minimum atomic E-state index is -1.18. The lowest BCUT2D eigenvalue weighted by Crippen LogP contribution is -2.55. The van der Waals surface area contributed by atoms with Crippen LogP contribution in [-0.4, -0.2) is 52.4 Å². The molecule has 0 radical (unpaired) electrons. The van der Waals surface area contributed by atoms with Gasteiger partial charge in [0.05, 0.1) is 18.8 Å². The van der Waals surface area contributed by atoms with Gasteiger partial charge < -0.3 is 25.4 Å². The first-order valence-corrected chi connectivity index (χ1v) is 4.44. The summed E-state index contributed by atoms with van der Waals surface area (Å²) >= 11 is 0. The van der Waals surface area contributed by atoms with E-state index < -0.39 is 24.5 Å². The number of ether oxygens (including phenoxy) is 1. The van der Waals surface area contributed by atoms with Crippen LogP contribution in [-0.2, 0) is 9.53 Å². The first kappa shape index (κ1) is 11.4. The quantitative estimate of drug-likeness (QED) is 0.416. The lowest BCUT2D eigenvalue weighted by atomic mass is 10.0. The van der Waals surface area contributed by atoms with Crippen molar-refractivity contribution in [3.05, 3.63) is 0 Å². The second-order valence-electron chi connectivity index (χ2n) is 3.36. The molecule has 0 unspecified atom stereocenters. The monoisotopic (exact) mass is 205 g/mol. The summed E-state index contributed by atoms with van der Waals surface area (Å²) in [7, 11) is 0. The lowest BCUT2D eigenvalue weighted by Gasteiger charge is -2.36. The van der Waals surface area contributed by atoms with Gasteiger partial charge in [-0.05, 0) is 0 Å². The van der Waals surface area contributed by atoms with Crippen molar-refractivity contribution in [2.24, 2.45) is 0 Å². The Morgan fingerprint density at radius 3 is 2.71 bits per heavy atom. The highest BCUT2D eigenvalue weighted by molar-refractivity contribution is 5.73. The Bertz CT molecular complexity index is 210. The molecule has 0 aromatic heterocycles. The fourth-order valence-corrected chi connectivity index (χ4v) is 1.45. The van der Waals surface area contributed by atoms with E-state index in [0.29, 0.717) is 0 Å². The van der Waals surface area contributed by atoms with Crippen LogP contribution < -0.4 is 5.32 Å². The fraction of sp³-hybridized carbons (Fsp3) is 0.875. The number of amides is 1. The van der Waals surface area contributed by atoms with Crippen molar-refractivity contribution in [1.29, 1.82) is 0 Å². The zero-order valence-electron chi connectivity index (χ0n) is 7.88. The summed E-state index contributed by atoms with van der Waals surface area (Å²) in [4.78, 5) is 10.7. The van der Waals surface area contributed by atoms with Gasteiger partial charge in [0, 0.05) is 13.3 Å². The van der Waals surface area contributed by atoms with Crippen molar-refractivity contribution < 1.29 is 24.9 Å². The van der Waals surface area contributed by atoms with E-state index in [0.717, 1.165) is 0 Å². The topological polar surface area (TPSA) is 99.0 Å². The molecule has 14 heavy (non-hydrogen) atoms. The number of carbonyl (C=O) groups is 1. The third kappa shape index (κ3) is 2.65. The number of hydrogen-bond acceptors (Lipinski definition) is 5. The van der Waals surface area contributed by atoms with Gasteiger partial charge in [0.2, 0.25) is 5.91 Å². The van der Waals surface area contributed by atoms with E-state index in [9.17, 15) is 15.0 Å². The fourth-order valence-electron chi connectivity index (χ4n) is 1.45. The van der Waals surface area contributed by atoms with E-state index in [-0.39, 0.29) is 18.9 Å². The van der Waals surface area contributed by atoms with Crippen molar-refractivity contribution in [2.45, 2.75) is 37.9 Å². The third-order valence-electron chi connectivity index (χ3n) is 2.15. The normalized spacial score (nSPS) is 38.0. The van der Waals surface area contributed by atoms with Gasteiger partial charge >= 0.3 is 0 Å². The Hall–Kier alpha value is -0.690. The number of nitrogens with one attached hydrogen (secondary N) is 1. The molecule has 0 saturated carbocycles. The summed E-state index contributed by atoms with van der Waals surface area (Å²) in [5.74, 6) is -0.299. The predicted octanol–water partition coefficient (Wildman–Crippen LogP) is -2.05. The maximum Gasteiger partial charge on any atom is 0.217 e. The molecule has 1 rings (SSSR count). The lowest BCUT2D eigenvalue weighted by molar-refractivity contribution is -0.221. The van der Waals surface area contributed by atoms with E-state index >= 15 is 0 Å². The van der Waals surface area contributed by atoms with Gasteiger partial charge in [-0.1, -0.05) is 0 Å². The molecule has 4 atom stereocenters. The van der Waals surface area contributed by atoms with Crippen molar-refractivity contribution in [3.8, 4) is 0 Å². The molecule has 1 amide bonds. The summed E-state index contributed by atoms with van der Waals surface area (Å²) < 4.78 is 4.90. The van der Waals surface area contributed by atoms with Crippen LogP contribution in [0.2, 0.25) is 0 Å². The molecule has 0 bridgehead atoms. The molecule has 0 aromatic carbocycles. The van der Waals surface area contributed by atoms with Crippen LogP contribution in [0, 0.1) is 0 Å². The van der Waals surface area contributed by atoms with Gasteiger partial charge in [-0.25, -0.2) is 0 Å². The van der Waals surface area contributed by atoms with Gasteiger partial charge in [0.15, 0.2) is 6.29 Å². The molecule has 0 spiro atoms. The summed E-state index contributed by atoms with van der Waals surface area (Å²) in [5.41, 5.74) is 0. The highest BCUT2D eigenvalue weighted by Gasteiger charge is 2.36. The zero-order chi connectivity index (χ0) is 10.7. The van der Waals surface area contributed by atoms with Gasteiger partial charge in [-0.2, -0.15) is 0 Å². The minimum absolute atomic E-state index is 0.173. The predicted molar refractivity (Wildman–Crippen MR) is 46.2 cm³/mol. The van der Waals surface area contributed by atoms with Crippen molar-refractivity contribution in [1.82, 2.24) is 5.32 Å². The molecule has 1 heterocycles. The summed E-state index contributed by atoms with van der Waals surface area (Å²) in [6.07, 6.45) is -2.67.